The molecular weight excluding hydrogens is 92.1 g/mol. The summed E-state index contributed by atoms with van der Waals surface area (Å²) in [5.41, 5.74) is 5.07. The van der Waals surface area contributed by atoms with Crippen LogP contribution in [0.25, 0.3) is 0 Å². The van der Waals surface area contributed by atoms with Gasteiger partial charge in [0.05, 0.1) is 6.07 Å². The van der Waals surface area contributed by atoms with Crippen molar-refractivity contribution in [3.05, 3.63) is 0 Å². The van der Waals surface area contributed by atoms with Crippen molar-refractivity contribution in [2.24, 2.45) is 5.73 Å². The van der Waals surface area contributed by atoms with Crippen LogP contribution in [0.15, 0.2) is 0 Å². The molecule has 0 rings (SSSR count). The molecule has 2 unspecified atom stereocenters. The molecule has 0 amide bonds. The molecule has 0 aliphatic rings. The smallest absolute Gasteiger partial charge is 0.155 e. The van der Waals surface area contributed by atoms with Crippen molar-refractivity contribution in [3.63, 3.8) is 0 Å². The molecule has 7 heavy (non-hydrogen) atoms. The molecule has 0 heterocycles. The van der Waals surface area contributed by atoms with Crippen molar-refractivity contribution in [2.45, 2.75) is 19.1 Å². The molecule has 3 heteroatoms. The molecule has 3 N–H and O–H groups in total. The van der Waals surface area contributed by atoms with Gasteiger partial charge in [0.2, 0.25) is 0 Å². The lowest BCUT2D eigenvalue weighted by atomic mass is 10.2. The van der Waals surface area contributed by atoms with E-state index in [0.717, 1.165) is 0 Å². The fourth-order valence-electron chi connectivity index (χ4n) is 0.118. The molecule has 0 radical (unpaired) electrons. The number of aliphatic hydroxyl groups excluding tert-OH is 1. The highest BCUT2D eigenvalue weighted by atomic mass is 16.3. The van der Waals surface area contributed by atoms with Crippen molar-refractivity contribution in [2.75, 3.05) is 0 Å². The third-order valence-corrected chi connectivity index (χ3v) is 0.630. The molecule has 40 valence electrons. The van der Waals surface area contributed by atoms with Crippen molar-refractivity contribution in [3.8, 4) is 6.07 Å². The van der Waals surface area contributed by atoms with Crippen LogP contribution in [0, 0.1) is 11.3 Å². The van der Waals surface area contributed by atoms with Crippen LogP contribution < -0.4 is 5.73 Å². The zero-order chi connectivity index (χ0) is 5.86. The highest BCUT2D eigenvalue weighted by Gasteiger charge is 2.04. The van der Waals surface area contributed by atoms with Gasteiger partial charge in [0.15, 0.2) is 6.10 Å². The van der Waals surface area contributed by atoms with E-state index >= 15 is 0 Å². The second-order valence-electron chi connectivity index (χ2n) is 1.43. The van der Waals surface area contributed by atoms with Gasteiger partial charge < -0.3 is 10.8 Å². The Labute approximate surface area is 42.4 Å². The highest BCUT2D eigenvalue weighted by molar-refractivity contribution is 4.87. The Morgan fingerprint density at radius 2 is 2.29 bits per heavy atom. The zero-order valence-corrected chi connectivity index (χ0v) is 4.13. The first-order valence-electron chi connectivity index (χ1n) is 2.01. The van der Waals surface area contributed by atoms with E-state index in [1.807, 2.05) is 0 Å². The number of nitriles is 1. The SMILES string of the molecule is CC(N)C(O)C#N. The van der Waals surface area contributed by atoms with Crippen molar-refractivity contribution in [1.29, 1.82) is 5.26 Å². The van der Waals surface area contributed by atoms with E-state index in [-0.39, 0.29) is 0 Å². The van der Waals surface area contributed by atoms with Crippen LogP contribution in [0.5, 0.6) is 0 Å². The minimum absolute atomic E-state index is 0.440. The van der Waals surface area contributed by atoms with E-state index in [1.165, 1.54) is 0 Å². The minimum Gasteiger partial charge on any atom is -0.376 e. The Kier molecular flexibility index (Phi) is 2.34. The van der Waals surface area contributed by atoms with Gasteiger partial charge >= 0.3 is 0 Å². The molecule has 0 spiro atoms. The third-order valence-electron chi connectivity index (χ3n) is 0.630. The average molecular weight is 100 g/mol. The Morgan fingerprint density at radius 1 is 1.86 bits per heavy atom. The summed E-state index contributed by atoms with van der Waals surface area (Å²) in [5, 5.41) is 16.4. The van der Waals surface area contributed by atoms with E-state index in [4.69, 9.17) is 16.1 Å². The summed E-state index contributed by atoms with van der Waals surface area (Å²) in [6.07, 6.45) is -1.01. The number of hydrogen-bond donors (Lipinski definition) is 2. The molecule has 0 saturated carbocycles. The van der Waals surface area contributed by atoms with Crippen molar-refractivity contribution >= 4 is 0 Å². The first-order valence-corrected chi connectivity index (χ1v) is 2.01. The predicted octanol–water partition coefficient (Wildman–Crippen LogP) is -0.782. The fourth-order valence-corrected chi connectivity index (χ4v) is 0.118. The topological polar surface area (TPSA) is 70.0 Å². The van der Waals surface area contributed by atoms with Crippen LogP contribution in [0.2, 0.25) is 0 Å². The van der Waals surface area contributed by atoms with Gasteiger partial charge in [0.1, 0.15) is 0 Å². The Morgan fingerprint density at radius 3 is 2.29 bits per heavy atom. The number of nitrogens with two attached hydrogens (primary N) is 1. The van der Waals surface area contributed by atoms with Gasteiger partial charge in [-0.3, -0.25) is 0 Å². The summed E-state index contributed by atoms with van der Waals surface area (Å²) in [6, 6.07) is 1.16. The van der Waals surface area contributed by atoms with Gasteiger partial charge in [-0.2, -0.15) is 5.26 Å². The monoisotopic (exact) mass is 100 g/mol. The van der Waals surface area contributed by atoms with Crippen LogP contribution in [-0.2, 0) is 0 Å². The van der Waals surface area contributed by atoms with E-state index in [1.54, 1.807) is 13.0 Å². The summed E-state index contributed by atoms with van der Waals surface area (Å²) >= 11 is 0. The lowest BCUT2D eigenvalue weighted by molar-refractivity contribution is 0.205. The quantitative estimate of drug-likeness (QED) is 0.424. The summed E-state index contributed by atoms with van der Waals surface area (Å²) in [6.45, 7) is 1.58. The highest BCUT2D eigenvalue weighted by Crippen LogP contribution is 1.82. The van der Waals surface area contributed by atoms with Gasteiger partial charge in [-0.25, -0.2) is 0 Å². The molecule has 0 aromatic carbocycles. The summed E-state index contributed by atoms with van der Waals surface area (Å²) in [4.78, 5) is 0. The zero-order valence-electron chi connectivity index (χ0n) is 4.13. The van der Waals surface area contributed by atoms with Gasteiger partial charge in [-0.1, -0.05) is 0 Å². The maximum Gasteiger partial charge on any atom is 0.155 e. The number of rotatable bonds is 1. The van der Waals surface area contributed by atoms with Crippen molar-refractivity contribution < 1.29 is 5.11 Å². The standard InChI is InChI=1S/C4H8N2O/c1-3(6)4(7)2-5/h3-4,7H,6H2,1H3. The van der Waals surface area contributed by atoms with Gasteiger partial charge in [0.25, 0.3) is 0 Å². The van der Waals surface area contributed by atoms with E-state index in [0.29, 0.717) is 0 Å². The van der Waals surface area contributed by atoms with Gasteiger partial charge in [-0.15, -0.1) is 0 Å². The Hall–Kier alpha value is -0.590. The van der Waals surface area contributed by atoms with E-state index < -0.39 is 12.1 Å². The predicted molar refractivity (Wildman–Crippen MR) is 25.3 cm³/mol. The lowest BCUT2D eigenvalue weighted by Gasteiger charge is -2.02. The largest absolute Gasteiger partial charge is 0.376 e. The molecule has 0 aliphatic carbocycles. The average Bonchev–Trinajstić information content (AvgIpc) is 1.65. The van der Waals surface area contributed by atoms with E-state index in [2.05, 4.69) is 0 Å². The van der Waals surface area contributed by atoms with E-state index in [9.17, 15) is 0 Å². The van der Waals surface area contributed by atoms with Gasteiger partial charge in [0, 0.05) is 6.04 Å². The molecule has 0 aromatic heterocycles. The molecule has 0 fully saturated rings. The third kappa shape index (κ3) is 2.15. The summed E-state index contributed by atoms with van der Waals surface area (Å²) < 4.78 is 0. The minimum atomic E-state index is -1.01. The van der Waals surface area contributed by atoms with Crippen molar-refractivity contribution in [1.82, 2.24) is 0 Å². The maximum atomic E-state index is 8.45. The normalized spacial score (nSPS) is 17.4. The Bertz CT molecular complexity index is 84.2. The summed E-state index contributed by atoms with van der Waals surface area (Å²) in [7, 11) is 0. The number of nitrogens with zero attached hydrogens (tertiary/aromatic N) is 1. The van der Waals surface area contributed by atoms with Crippen LogP contribution >= 0.6 is 0 Å². The lowest BCUT2D eigenvalue weighted by Crippen LogP contribution is -2.29. The molecule has 0 saturated heterocycles. The number of aliphatic hydroxyl groups is 1. The number of hydrogen-bond acceptors (Lipinski definition) is 3. The molecule has 2 atom stereocenters. The molecule has 3 nitrogen and oxygen atoms in total. The molecule has 0 aliphatic heterocycles. The summed E-state index contributed by atoms with van der Waals surface area (Å²) in [5.74, 6) is 0. The first kappa shape index (κ1) is 6.41. The maximum absolute atomic E-state index is 8.45. The Balaban J connectivity index is 3.40. The van der Waals surface area contributed by atoms with Gasteiger partial charge in [-0.05, 0) is 6.92 Å². The van der Waals surface area contributed by atoms with Crippen LogP contribution in [0.4, 0.5) is 0 Å². The van der Waals surface area contributed by atoms with Crippen LogP contribution in [-0.4, -0.2) is 17.3 Å². The second-order valence-corrected chi connectivity index (χ2v) is 1.43. The fraction of sp³-hybridized carbons (Fsp3) is 0.750. The second kappa shape index (κ2) is 2.56. The molecule has 0 aromatic rings. The van der Waals surface area contributed by atoms with Crippen LogP contribution in [0.1, 0.15) is 6.92 Å². The van der Waals surface area contributed by atoms with Crippen LogP contribution in [0.3, 0.4) is 0 Å². The first-order chi connectivity index (χ1) is 3.18. The molecular formula is C4H8N2O. The molecule has 0 bridgehead atoms.